The Kier molecular flexibility index (Phi) is 6.46. The Morgan fingerprint density at radius 1 is 1.15 bits per heavy atom. The summed E-state index contributed by atoms with van der Waals surface area (Å²) in [6, 6.07) is 6.74. The van der Waals surface area contributed by atoms with Crippen molar-refractivity contribution in [2.75, 3.05) is 24.9 Å². The molecule has 144 valence electrons. The highest BCUT2D eigenvalue weighted by Gasteiger charge is 2.18. The number of nitrogens with zero attached hydrogens (tertiary/aromatic N) is 1. The van der Waals surface area contributed by atoms with Crippen LogP contribution in [-0.2, 0) is 4.79 Å². The largest absolute Gasteiger partial charge is 0.493 e. The molecule has 0 spiro atoms. The highest BCUT2D eigenvalue weighted by molar-refractivity contribution is 6.33. The fourth-order valence-electron chi connectivity index (χ4n) is 2.40. The van der Waals surface area contributed by atoms with Crippen LogP contribution < -0.4 is 20.1 Å². The van der Waals surface area contributed by atoms with E-state index in [1.165, 1.54) is 25.3 Å². The number of carbonyl (C=O) groups is 1. The zero-order chi connectivity index (χ0) is 20.1. The number of anilines is 2. The van der Waals surface area contributed by atoms with Crippen LogP contribution in [0.15, 0.2) is 30.3 Å². The van der Waals surface area contributed by atoms with Gasteiger partial charge in [0.15, 0.2) is 11.5 Å². The number of halogens is 1. The van der Waals surface area contributed by atoms with E-state index >= 15 is 0 Å². The Hall–Kier alpha value is -3.00. The van der Waals surface area contributed by atoms with Crippen LogP contribution in [0.25, 0.3) is 0 Å². The number of nitro groups is 1. The van der Waals surface area contributed by atoms with Crippen LogP contribution in [0.4, 0.5) is 17.1 Å². The number of benzene rings is 2. The molecule has 2 aromatic carbocycles. The van der Waals surface area contributed by atoms with Crippen molar-refractivity contribution >= 4 is 34.6 Å². The van der Waals surface area contributed by atoms with Crippen LogP contribution in [0, 0.1) is 17.0 Å². The number of rotatable bonds is 7. The van der Waals surface area contributed by atoms with Gasteiger partial charge in [-0.05, 0) is 31.5 Å². The number of nitrogens with one attached hydrogen (secondary N) is 2. The fourth-order valence-corrected chi connectivity index (χ4v) is 2.56. The molecule has 27 heavy (non-hydrogen) atoms. The zero-order valence-electron chi connectivity index (χ0n) is 15.3. The number of amides is 1. The summed E-state index contributed by atoms with van der Waals surface area (Å²) in [5.41, 5.74) is 1.57. The van der Waals surface area contributed by atoms with Crippen LogP contribution in [0.2, 0.25) is 5.02 Å². The SMILES string of the molecule is COc1cc(C)c(NC(C)C(=O)Nc2cc([N+](=O)[O-])ccc2Cl)cc1OC. The average Bonchev–Trinajstić information content (AvgIpc) is 2.64. The maximum absolute atomic E-state index is 12.5. The lowest BCUT2D eigenvalue weighted by Gasteiger charge is -2.19. The van der Waals surface area contributed by atoms with Gasteiger partial charge in [-0.3, -0.25) is 14.9 Å². The van der Waals surface area contributed by atoms with Gasteiger partial charge in [-0.15, -0.1) is 0 Å². The van der Waals surface area contributed by atoms with Crippen molar-refractivity contribution in [2.45, 2.75) is 19.9 Å². The van der Waals surface area contributed by atoms with Crippen molar-refractivity contribution < 1.29 is 19.2 Å². The van der Waals surface area contributed by atoms with E-state index in [2.05, 4.69) is 10.6 Å². The minimum atomic E-state index is -0.642. The van der Waals surface area contributed by atoms with Crippen molar-refractivity contribution in [2.24, 2.45) is 0 Å². The van der Waals surface area contributed by atoms with Gasteiger partial charge >= 0.3 is 0 Å². The van der Waals surface area contributed by atoms with E-state index in [9.17, 15) is 14.9 Å². The highest BCUT2D eigenvalue weighted by Crippen LogP contribution is 2.33. The van der Waals surface area contributed by atoms with Gasteiger partial charge in [0.1, 0.15) is 6.04 Å². The highest BCUT2D eigenvalue weighted by atomic mass is 35.5. The Bertz CT molecular complexity index is 872. The molecule has 0 saturated heterocycles. The summed E-state index contributed by atoms with van der Waals surface area (Å²) >= 11 is 6.02. The van der Waals surface area contributed by atoms with E-state index in [0.717, 1.165) is 5.56 Å². The molecule has 2 aromatic rings. The van der Waals surface area contributed by atoms with Crippen LogP contribution in [0.1, 0.15) is 12.5 Å². The normalized spacial score (nSPS) is 11.4. The van der Waals surface area contributed by atoms with Gasteiger partial charge < -0.3 is 20.1 Å². The van der Waals surface area contributed by atoms with E-state index in [1.54, 1.807) is 26.2 Å². The molecule has 0 aromatic heterocycles. The lowest BCUT2D eigenvalue weighted by atomic mass is 10.1. The molecule has 0 fully saturated rings. The minimum Gasteiger partial charge on any atom is -0.493 e. The Morgan fingerprint density at radius 3 is 2.37 bits per heavy atom. The van der Waals surface area contributed by atoms with Gasteiger partial charge in [0.2, 0.25) is 5.91 Å². The maximum atomic E-state index is 12.5. The fraction of sp³-hybridized carbons (Fsp3) is 0.278. The van der Waals surface area contributed by atoms with E-state index in [4.69, 9.17) is 21.1 Å². The first kappa shape index (κ1) is 20.3. The Morgan fingerprint density at radius 2 is 1.78 bits per heavy atom. The van der Waals surface area contributed by atoms with Gasteiger partial charge in [0, 0.05) is 23.9 Å². The van der Waals surface area contributed by atoms with Crippen LogP contribution >= 0.6 is 11.6 Å². The van der Waals surface area contributed by atoms with Crippen LogP contribution in [-0.4, -0.2) is 31.1 Å². The third-order valence-electron chi connectivity index (χ3n) is 3.91. The number of nitro benzene ring substituents is 1. The third kappa shape index (κ3) is 4.79. The summed E-state index contributed by atoms with van der Waals surface area (Å²) in [5.74, 6) is 0.715. The molecule has 0 saturated carbocycles. The standard InChI is InChI=1S/C18H20ClN3O5/c1-10-7-16(26-3)17(27-4)9-14(10)20-11(2)18(23)21-15-8-12(22(24)25)5-6-13(15)19/h5-9,11,20H,1-4H3,(H,21,23). The molecule has 9 heteroatoms. The zero-order valence-corrected chi connectivity index (χ0v) is 16.1. The van der Waals surface area contributed by atoms with E-state index in [1.807, 2.05) is 6.92 Å². The Balaban J connectivity index is 2.17. The monoisotopic (exact) mass is 393 g/mol. The maximum Gasteiger partial charge on any atom is 0.271 e. The lowest BCUT2D eigenvalue weighted by molar-refractivity contribution is -0.384. The molecule has 0 aliphatic heterocycles. The first-order chi connectivity index (χ1) is 12.8. The van der Waals surface area contributed by atoms with Crippen molar-refractivity contribution in [3.8, 4) is 11.5 Å². The van der Waals surface area contributed by atoms with Crippen LogP contribution in [0.3, 0.4) is 0 Å². The molecule has 2 N–H and O–H groups in total. The predicted octanol–water partition coefficient (Wildman–Crippen LogP) is 4.01. The number of carbonyl (C=O) groups excluding carboxylic acids is 1. The number of aryl methyl sites for hydroxylation is 1. The van der Waals surface area contributed by atoms with Crippen molar-refractivity contribution in [1.82, 2.24) is 0 Å². The average molecular weight is 394 g/mol. The molecule has 1 unspecified atom stereocenters. The number of hydrogen-bond acceptors (Lipinski definition) is 6. The van der Waals surface area contributed by atoms with Gasteiger partial charge in [-0.1, -0.05) is 11.6 Å². The number of non-ortho nitro benzene ring substituents is 1. The molecule has 0 heterocycles. The predicted molar refractivity (Wildman–Crippen MR) is 104 cm³/mol. The Labute approximate surface area is 161 Å². The van der Waals surface area contributed by atoms with Crippen LogP contribution in [0.5, 0.6) is 11.5 Å². The molecule has 2 rings (SSSR count). The summed E-state index contributed by atoms with van der Waals surface area (Å²) < 4.78 is 10.5. The second-order valence-electron chi connectivity index (χ2n) is 5.80. The molecule has 1 atom stereocenters. The summed E-state index contributed by atoms with van der Waals surface area (Å²) in [4.78, 5) is 22.8. The van der Waals surface area contributed by atoms with Crippen molar-refractivity contribution in [1.29, 1.82) is 0 Å². The number of methoxy groups -OCH3 is 2. The van der Waals surface area contributed by atoms with Crippen molar-refractivity contribution in [3.63, 3.8) is 0 Å². The topological polar surface area (TPSA) is 103 Å². The quantitative estimate of drug-likeness (QED) is 0.544. The second-order valence-corrected chi connectivity index (χ2v) is 6.21. The first-order valence-corrected chi connectivity index (χ1v) is 8.38. The minimum absolute atomic E-state index is 0.161. The lowest BCUT2D eigenvalue weighted by Crippen LogP contribution is -2.32. The molecule has 8 nitrogen and oxygen atoms in total. The summed E-state index contributed by atoms with van der Waals surface area (Å²) in [6.45, 7) is 3.53. The van der Waals surface area contributed by atoms with Gasteiger partial charge in [0.25, 0.3) is 5.69 Å². The van der Waals surface area contributed by atoms with Gasteiger partial charge in [0.05, 0.1) is 29.9 Å². The van der Waals surface area contributed by atoms with Gasteiger partial charge in [-0.2, -0.15) is 0 Å². The number of ether oxygens (including phenoxy) is 2. The second kappa shape index (κ2) is 8.59. The summed E-state index contributed by atoms with van der Waals surface area (Å²) in [7, 11) is 3.07. The summed E-state index contributed by atoms with van der Waals surface area (Å²) in [5, 5.41) is 16.8. The number of hydrogen-bond donors (Lipinski definition) is 2. The third-order valence-corrected chi connectivity index (χ3v) is 4.24. The van der Waals surface area contributed by atoms with E-state index in [0.29, 0.717) is 17.2 Å². The molecule has 1 amide bonds. The van der Waals surface area contributed by atoms with Crippen molar-refractivity contribution in [3.05, 3.63) is 51.0 Å². The van der Waals surface area contributed by atoms with E-state index in [-0.39, 0.29) is 16.4 Å². The molecule has 0 aliphatic carbocycles. The molecule has 0 bridgehead atoms. The van der Waals surface area contributed by atoms with E-state index < -0.39 is 16.9 Å². The molecular formula is C18H20ClN3O5. The molecule has 0 radical (unpaired) electrons. The van der Waals surface area contributed by atoms with Gasteiger partial charge in [-0.25, -0.2) is 0 Å². The first-order valence-electron chi connectivity index (χ1n) is 8.00. The molecular weight excluding hydrogens is 374 g/mol. The summed E-state index contributed by atoms with van der Waals surface area (Å²) in [6.07, 6.45) is 0. The molecule has 0 aliphatic rings. The smallest absolute Gasteiger partial charge is 0.271 e.